The third kappa shape index (κ3) is 6.76. The standard InChI is InChI=1S/C3H5ClO2.Na.H/c1-2(4)3(5)6;;/h2H,1H3,(H,5,6);;/q;+1;-1/t2-;;/m1../s1. The van der Waals surface area contributed by atoms with Gasteiger partial charge in [0.2, 0.25) is 0 Å². The van der Waals surface area contributed by atoms with Gasteiger partial charge >= 0.3 is 35.5 Å². The van der Waals surface area contributed by atoms with Gasteiger partial charge in [0.15, 0.2) is 0 Å². The molecule has 0 heterocycles. The first kappa shape index (κ1) is 10.7. The van der Waals surface area contributed by atoms with E-state index in [1.807, 2.05) is 0 Å². The summed E-state index contributed by atoms with van der Waals surface area (Å²) in [5.74, 6) is -0.975. The molecule has 0 aromatic rings. The molecular weight excluding hydrogens is 126 g/mol. The molecule has 0 spiro atoms. The number of alkyl halides is 1. The predicted molar refractivity (Wildman–Crippen MR) is 24.1 cm³/mol. The van der Waals surface area contributed by atoms with Crippen LogP contribution in [-0.2, 0) is 4.79 Å². The first-order valence-electron chi connectivity index (χ1n) is 1.51. The van der Waals surface area contributed by atoms with E-state index >= 15 is 0 Å². The first-order chi connectivity index (χ1) is 2.64. The van der Waals surface area contributed by atoms with Crippen molar-refractivity contribution in [2.75, 3.05) is 0 Å². The Balaban J connectivity index is -0.000000125. The maximum atomic E-state index is 9.57. The summed E-state index contributed by atoms with van der Waals surface area (Å²) in [5.41, 5.74) is 0. The predicted octanol–water partition coefficient (Wildman–Crippen LogP) is -2.19. The normalized spacial score (nSPS) is 11.7. The average Bonchev–Trinajstić information content (AvgIpc) is 1.36. The van der Waals surface area contributed by atoms with Crippen LogP contribution in [0.1, 0.15) is 8.35 Å². The molecule has 0 aliphatic carbocycles. The molecule has 0 fully saturated rings. The monoisotopic (exact) mass is 132 g/mol. The average molecular weight is 133 g/mol. The van der Waals surface area contributed by atoms with Crippen molar-refractivity contribution in [2.24, 2.45) is 0 Å². The largest absolute Gasteiger partial charge is 1.00 e. The summed E-state index contributed by atoms with van der Waals surface area (Å²) in [6.45, 7) is 1.41. The molecule has 0 saturated heterocycles. The van der Waals surface area contributed by atoms with Crippen LogP contribution in [0.25, 0.3) is 0 Å². The van der Waals surface area contributed by atoms with E-state index in [2.05, 4.69) is 0 Å². The van der Waals surface area contributed by atoms with Gasteiger partial charge in [-0.2, -0.15) is 0 Å². The number of hydrogen-bond donors (Lipinski definition) is 1. The number of carboxylic acid groups (broad SMARTS) is 1. The summed E-state index contributed by atoms with van der Waals surface area (Å²) < 4.78 is 0. The molecule has 0 amide bonds. The Hall–Kier alpha value is 0.760. The maximum Gasteiger partial charge on any atom is 1.00 e. The van der Waals surface area contributed by atoms with Crippen LogP contribution in [0.5, 0.6) is 0 Å². The first-order valence-corrected chi connectivity index (χ1v) is 1.95. The van der Waals surface area contributed by atoms with Gasteiger partial charge in [-0.15, -0.1) is 11.6 Å². The molecule has 0 unspecified atom stereocenters. The molecule has 38 valence electrons. The SMILES string of the molecule is C[C@@H](Cl)C(=O)O.[H-].[Na+]. The molecule has 0 aliphatic rings. The molecule has 0 bridgehead atoms. The molecule has 0 aliphatic heterocycles. The maximum absolute atomic E-state index is 9.57. The molecule has 0 rings (SSSR count). The molecule has 0 radical (unpaired) electrons. The smallest absolute Gasteiger partial charge is 1.00 e. The van der Waals surface area contributed by atoms with E-state index in [4.69, 9.17) is 16.7 Å². The van der Waals surface area contributed by atoms with Crippen molar-refractivity contribution in [1.82, 2.24) is 0 Å². The molecule has 1 N–H and O–H groups in total. The molecule has 0 saturated carbocycles. The van der Waals surface area contributed by atoms with E-state index in [0.717, 1.165) is 0 Å². The number of aliphatic carboxylic acids is 1. The molecule has 7 heavy (non-hydrogen) atoms. The van der Waals surface area contributed by atoms with Gasteiger partial charge in [-0.05, 0) is 6.92 Å². The van der Waals surface area contributed by atoms with Crippen molar-refractivity contribution in [3.63, 3.8) is 0 Å². The van der Waals surface area contributed by atoms with E-state index in [0.29, 0.717) is 0 Å². The van der Waals surface area contributed by atoms with Crippen LogP contribution in [0.4, 0.5) is 0 Å². The molecular formula is C3H6ClNaO2. The quantitative estimate of drug-likeness (QED) is 0.325. The van der Waals surface area contributed by atoms with Gasteiger partial charge in [0.1, 0.15) is 5.38 Å². The van der Waals surface area contributed by atoms with E-state index in [9.17, 15) is 4.79 Å². The summed E-state index contributed by atoms with van der Waals surface area (Å²) in [6, 6.07) is 0. The van der Waals surface area contributed by atoms with Crippen LogP contribution in [-0.4, -0.2) is 16.5 Å². The van der Waals surface area contributed by atoms with Crippen LogP contribution in [0.15, 0.2) is 0 Å². The topological polar surface area (TPSA) is 37.3 Å². The minimum absolute atomic E-state index is 0. The second-order valence-electron chi connectivity index (χ2n) is 0.954. The summed E-state index contributed by atoms with van der Waals surface area (Å²) in [6.07, 6.45) is 0. The van der Waals surface area contributed by atoms with Crippen LogP contribution in [0.2, 0.25) is 0 Å². The van der Waals surface area contributed by atoms with Gasteiger partial charge in [-0.1, -0.05) is 0 Å². The minimum Gasteiger partial charge on any atom is -1.00 e. The van der Waals surface area contributed by atoms with Crippen LogP contribution < -0.4 is 29.6 Å². The fourth-order valence-corrected chi connectivity index (χ4v) is 0. The van der Waals surface area contributed by atoms with Crippen molar-refractivity contribution >= 4 is 17.6 Å². The Morgan fingerprint density at radius 2 is 2.14 bits per heavy atom. The fraction of sp³-hybridized carbons (Fsp3) is 0.667. The summed E-state index contributed by atoms with van der Waals surface area (Å²) >= 11 is 5.01. The van der Waals surface area contributed by atoms with Crippen molar-refractivity contribution in [3.8, 4) is 0 Å². The third-order valence-electron chi connectivity index (χ3n) is 0.340. The van der Waals surface area contributed by atoms with Crippen molar-refractivity contribution in [1.29, 1.82) is 0 Å². The number of hydrogen-bond acceptors (Lipinski definition) is 1. The minimum atomic E-state index is -0.975. The van der Waals surface area contributed by atoms with Gasteiger partial charge in [-0.3, -0.25) is 4.79 Å². The molecule has 1 atom stereocenters. The van der Waals surface area contributed by atoms with E-state index in [1.54, 1.807) is 0 Å². The molecule has 4 heteroatoms. The Kier molecular flexibility index (Phi) is 7.49. The second kappa shape index (κ2) is 4.91. The van der Waals surface area contributed by atoms with Gasteiger partial charge in [0.25, 0.3) is 0 Å². The van der Waals surface area contributed by atoms with Gasteiger partial charge < -0.3 is 6.53 Å². The molecule has 0 aromatic carbocycles. The summed E-state index contributed by atoms with van der Waals surface area (Å²) in [5, 5.41) is 7.10. The fourth-order valence-electron chi connectivity index (χ4n) is 0. The van der Waals surface area contributed by atoms with Gasteiger partial charge in [0.05, 0.1) is 0 Å². The van der Waals surface area contributed by atoms with Crippen molar-refractivity contribution in [2.45, 2.75) is 12.3 Å². The van der Waals surface area contributed by atoms with Crippen LogP contribution in [0.3, 0.4) is 0 Å². The molecule has 2 nitrogen and oxygen atoms in total. The zero-order chi connectivity index (χ0) is 5.15. The van der Waals surface area contributed by atoms with Gasteiger partial charge in [-0.25, -0.2) is 0 Å². The van der Waals surface area contributed by atoms with Gasteiger partial charge in [0, 0.05) is 0 Å². The number of rotatable bonds is 1. The van der Waals surface area contributed by atoms with E-state index in [1.165, 1.54) is 6.92 Å². The third-order valence-corrected chi connectivity index (χ3v) is 0.527. The number of carbonyl (C=O) groups is 1. The number of halogens is 1. The Morgan fingerprint density at radius 1 is 2.00 bits per heavy atom. The van der Waals surface area contributed by atoms with E-state index in [-0.39, 0.29) is 31.0 Å². The van der Waals surface area contributed by atoms with E-state index < -0.39 is 11.3 Å². The number of carboxylic acids is 1. The van der Waals surface area contributed by atoms with Crippen LogP contribution in [0, 0.1) is 0 Å². The van der Waals surface area contributed by atoms with Crippen molar-refractivity contribution in [3.05, 3.63) is 0 Å². The second-order valence-corrected chi connectivity index (χ2v) is 1.61. The summed E-state index contributed by atoms with van der Waals surface area (Å²) in [4.78, 5) is 9.57. The summed E-state index contributed by atoms with van der Waals surface area (Å²) in [7, 11) is 0. The zero-order valence-electron chi connectivity index (χ0n) is 5.31. The Morgan fingerprint density at radius 3 is 2.14 bits per heavy atom. The molecule has 0 aromatic heterocycles. The zero-order valence-corrected chi connectivity index (χ0v) is 7.07. The Labute approximate surface area is 70.6 Å². The van der Waals surface area contributed by atoms with Crippen LogP contribution >= 0.6 is 11.6 Å². The Bertz CT molecular complexity index is 68.3. The van der Waals surface area contributed by atoms with Crippen molar-refractivity contribution < 1.29 is 40.9 Å².